The molecule has 0 spiro atoms. The molecular weight excluding hydrogens is 293 g/mol. The molecule has 0 unspecified atom stereocenters. The summed E-state index contributed by atoms with van der Waals surface area (Å²) in [5.74, 6) is 0.983. The van der Waals surface area contributed by atoms with E-state index in [1.165, 1.54) is 25.3 Å². The summed E-state index contributed by atoms with van der Waals surface area (Å²) in [6.45, 7) is 0. The van der Waals surface area contributed by atoms with Crippen LogP contribution in [0.25, 0.3) is 11.3 Å². The summed E-state index contributed by atoms with van der Waals surface area (Å²) in [4.78, 5) is 12.0. The first-order valence-corrected chi connectivity index (χ1v) is 8.35. The number of carbonyl (C=O) groups excluding carboxylic acids is 1. The van der Waals surface area contributed by atoms with Gasteiger partial charge in [-0.05, 0) is 37.1 Å². The zero-order valence-corrected chi connectivity index (χ0v) is 13.2. The van der Waals surface area contributed by atoms with Crippen molar-refractivity contribution in [1.29, 1.82) is 0 Å². The molecule has 1 aliphatic rings. The van der Waals surface area contributed by atoms with Crippen molar-refractivity contribution < 1.29 is 13.6 Å². The average molecular weight is 315 g/mol. The molecule has 1 aliphatic carbocycles. The largest absolute Gasteiger partial charge is 0.461 e. The predicted molar refractivity (Wildman–Crippen MR) is 87.4 cm³/mol. The number of nitrogens with one attached hydrogen (secondary N) is 1. The summed E-state index contributed by atoms with van der Waals surface area (Å²) in [7, 11) is 0. The van der Waals surface area contributed by atoms with Crippen LogP contribution in [0.3, 0.4) is 0 Å². The maximum atomic E-state index is 13.7. The van der Waals surface area contributed by atoms with E-state index < -0.39 is 0 Å². The number of aryl methyl sites for hydroxylation is 1. The quantitative estimate of drug-likeness (QED) is 0.884. The van der Waals surface area contributed by atoms with Crippen molar-refractivity contribution in [3.63, 3.8) is 0 Å². The molecule has 0 radical (unpaired) electrons. The highest BCUT2D eigenvalue weighted by Crippen LogP contribution is 2.25. The highest BCUT2D eigenvalue weighted by molar-refractivity contribution is 5.76. The Morgan fingerprint density at radius 2 is 1.91 bits per heavy atom. The van der Waals surface area contributed by atoms with Gasteiger partial charge in [0.15, 0.2) is 0 Å². The Hall–Kier alpha value is -2.10. The summed E-state index contributed by atoms with van der Waals surface area (Å²) in [5.41, 5.74) is 0.449. The highest BCUT2D eigenvalue weighted by Gasteiger charge is 2.16. The third-order valence-corrected chi connectivity index (χ3v) is 4.37. The maximum Gasteiger partial charge on any atom is 0.220 e. The zero-order chi connectivity index (χ0) is 16.1. The molecular formula is C19H22FNO2. The molecule has 4 heteroatoms. The summed E-state index contributed by atoms with van der Waals surface area (Å²) in [6.07, 6.45) is 6.80. The van der Waals surface area contributed by atoms with Gasteiger partial charge in [0.1, 0.15) is 17.3 Å². The van der Waals surface area contributed by atoms with Gasteiger partial charge < -0.3 is 9.73 Å². The van der Waals surface area contributed by atoms with Crippen LogP contribution in [0.15, 0.2) is 40.8 Å². The Balaban J connectivity index is 1.53. The van der Waals surface area contributed by atoms with Crippen LogP contribution in [0.5, 0.6) is 0 Å². The Morgan fingerprint density at radius 3 is 2.70 bits per heavy atom. The van der Waals surface area contributed by atoms with E-state index >= 15 is 0 Å². The third-order valence-electron chi connectivity index (χ3n) is 4.37. The minimum Gasteiger partial charge on any atom is -0.461 e. The normalized spacial score (nSPS) is 15.5. The Kier molecular flexibility index (Phi) is 5.11. The molecule has 0 saturated heterocycles. The molecule has 1 aromatic heterocycles. The van der Waals surface area contributed by atoms with Crippen molar-refractivity contribution in [3.8, 4) is 11.3 Å². The van der Waals surface area contributed by atoms with Gasteiger partial charge in [-0.2, -0.15) is 0 Å². The number of hydrogen-bond acceptors (Lipinski definition) is 2. The van der Waals surface area contributed by atoms with Gasteiger partial charge in [-0.3, -0.25) is 4.79 Å². The molecule has 3 rings (SSSR count). The van der Waals surface area contributed by atoms with Crippen molar-refractivity contribution >= 4 is 5.91 Å². The number of carbonyl (C=O) groups is 1. The van der Waals surface area contributed by atoms with Crippen LogP contribution >= 0.6 is 0 Å². The topological polar surface area (TPSA) is 42.2 Å². The third kappa shape index (κ3) is 4.21. The minimum atomic E-state index is -0.302. The van der Waals surface area contributed by atoms with Crippen molar-refractivity contribution in [3.05, 3.63) is 48.0 Å². The second-order valence-electron chi connectivity index (χ2n) is 6.15. The van der Waals surface area contributed by atoms with Crippen molar-refractivity contribution in [1.82, 2.24) is 5.32 Å². The molecule has 0 aliphatic heterocycles. The van der Waals surface area contributed by atoms with Crippen LogP contribution in [0.4, 0.5) is 4.39 Å². The lowest BCUT2D eigenvalue weighted by Crippen LogP contribution is -2.36. The van der Waals surface area contributed by atoms with E-state index in [9.17, 15) is 9.18 Å². The molecule has 122 valence electrons. The fourth-order valence-electron chi connectivity index (χ4n) is 3.10. The van der Waals surface area contributed by atoms with Crippen molar-refractivity contribution in [2.75, 3.05) is 0 Å². The number of amides is 1. The molecule has 3 nitrogen and oxygen atoms in total. The fourth-order valence-corrected chi connectivity index (χ4v) is 3.10. The second-order valence-corrected chi connectivity index (χ2v) is 6.15. The summed E-state index contributed by atoms with van der Waals surface area (Å²) in [5, 5.41) is 3.10. The molecule has 2 aromatic rings. The van der Waals surface area contributed by atoms with Gasteiger partial charge in [0.2, 0.25) is 5.91 Å². The SMILES string of the molecule is O=C(CCc1ccc(-c2ccccc2F)o1)NC1CCCCC1. The zero-order valence-electron chi connectivity index (χ0n) is 13.2. The van der Waals surface area contributed by atoms with Crippen LogP contribution in [0.1, 0.15) is 44.3 Å². The van der Waals surface area contributed by atoms with E-state index in [2.05, 4.69) is 5.32 Å². The van der Waals surface area contributed by atoms with E-state index in [1.807, 2.05) is 6.07 Å². The first-order chi connectivity index (χ1) is 11.2. The summed E-state index contributed by atoms with van der Waals surface area (Å²) >= 11 is 0. The van der Waals surface area contributed by atoms with Crippen LogP contribution in [-0.2, 0) is 11.2 Å². The molecule has 1 saturated carbocycles. The molecule has 0 atom stereocenters. The van der Waals surface area contributed by atoms with Crippen LogP contribution in [-0.4, -0.2) is 11.9 Å². The summed E-state index contributed by atoms with van der Waals surface area (Å²) < 4.78 is 19.4. The first kappa shape index (κ1) is 15.8. The number of hydrogen-bond donors (Lipinski definition) is 1. The van der Waals surface area contributed by atoms with Gasteiger partial charge in [-0.1, -0.05) is 31.4 Å². The number of benzene rings is 1. The monoisotopic (exact) mass is 315 g/mol. The maximum absolute atomic E-state index is 13.7. The van der Waals surface area contributed by atoms with E-state index in [1.54, 1.807) is 24.3 Å². The smallest absolute Gasteiger partial charge is 0.220 e. The average Bonchev–Trinajstić information content (AvgIpc) is 3.03. The molecule has 0 bridgehead atoms. The van der Waals surface area contributed by atoms with Crippen LogP contribution in [0, 0.1) is 5.82 Å². The van der Waals surface area contributed by atoms with Gasteiger partial charge >= 0.3 is 0 Å². The Labute approximate surface area is 135 Å². The number of rotatable bonds is 5. The predicted octanol–water partition coefficient (Wildman–Crippen LogP) is 4.47. The second kappa shape index (κ2) is 7.44. The first-order valence-electron chi connectivity index (χ1n) is 8.35. The van der Waals surface area contributed by atoms with Crippen molar-refractivity contribution in [2.24, 2.45) is 0 Å². The van der Waals surface area contributed by atoms with E-state index in [0.29, 0.717) is 36.0 Å². The van der Waals surface area contributed by atoms with Crippen molar-refractivity contribution in [2.45, 2.75) is 51.0 Å². The number of furan rings is 1. The standard InChI is InChI=1S/C19H22FNO2/c20-17-9-5-4-8-16(17)18-12-10-15(23-18)11-13-19(22)21-14-6-2-1-3-7-14/h4-5,8-10,12,14H,1-3,6-7,11,13H2,(H,21,22). The molecule has 1 amide bonds. The molecule has 1 fully saturated rings. The highest BCUT2D eigenvalue weighted by atomic mass is 19.1. The molecule has 1 heterocycles. The van der Waals surface area contributed by atoms with Crippen LogP contribution in [0.2, 0.25) is 0 Å². The van der Waals surface area contributed by atoms with Gasteiger partial charge in [0.05, 0.1) is 5.56 Å². The van der Waals surface area contributed by atoms with Gasteiger partial charge in [-0.15, -0.1) is 0 Å². The van der Waals surface area contributed by atoms with E-state index in [4.69, 9.17) is 4.42 Å². The van der Waals surface area contributed by atoms with Gasteiger partial charge in [0, 0.05) is 18.9 Å². The fraction of sp³-hybridized carbons (Fsp3) is 0.421. The number of halogens is 1. The van der Waals surface area contributed by atoms with Gasteiger partial charge in [-0.25, -0.2) is 4.39 Å². The lowest BCUT2D eigenvalue weighted by Gasteiger charge is -2.22. The minimum absolute atomic E-state index is 0.0701. The van der Waals surface area contributed by atoms with E-state index in [-0.39, 0.29) is 11.7 Å². The molecule has 23 heavy (non-hydrogen) atoms. The lowest BCUT2D eigenvalue weighted by atomic mass is 9.95. The Morgan fingerprint density at radius 1 is 1.13 bits per heavy atom. The van der Waals surface area contributed by atoms with Gasteiger partial charge in [0.25, 0.3) is 0 Å². The van der Waals surface area contributed by atoms with Crippen LogP contribution < -0.4 is 5.32 Å². The summed E-state index contributed by atoms with van der Waals surface area (Å²) in [6, 6.07) is 10.4. The van der Waals surface area contributed by atoms with E-state index in [0.717, 1.165) is 12.8 Å². The lowest BCUT2D eigenvalue weighted by molar-refractivity contribution is -0.122. The Bertz CT molecular complexity index is 659. The molecule has 1 N–H and O–H groups in total. The molecule has 1 aromatic carbocycles.